The van der Waals surface area contributed by atoms with Crippen molar-refractivity contribution in [3.8, 4) is 0 Å². The Labute approximate surface area is 89.9 Å². The van der Waals surface area contributed by atoms with E-state index in [9.17, 15) is 22.8 Å². The highest BCUT2D eigenvalue weighted by Gasteiger charge is 2.39. The van der Waals surface area contributed by atoms with E-state index in [0.717, 1.165) is 12.8 Å². The highest BCUT2D eigenvalue weighted by atomic mass is 19.4. The van der Waals surface area contributed by atoms with Gasteiger partial charge in [-0.15, -0.1) is 0 Å². The molecule has 0 atom stereocenters. The largest absolute Gasteiger partial charge is 0.471 e. The Bertz CT molecular complexity index is 332. The number of nitrogens with one attached hydrogen (secondary N) is 2. The molecule has 0 bridgehead atoms. The first kappa shape index (κ1) is 12.5. The highest BCUT2D eigenvalue weighted by molar-refractivity contribution is 5.98. The quantitative estimate of drug-likeness (QED) is 0.709. The molecule has 2 N–H and O–H groups in total. The summed E-state index contributed by atoms with van der Waals surface area (Å²) in [5.74, 6) is -2.78. The average molecular weight is 236 g/mol. The van der Waals surface area contributed by atoms with Gasteiger partial charge < -0.3 is 10.6 Å². The van der Waals surface area contributed by atoms with Gasteiger partial charge in [-0.2, -0.15) is 13.2 Å². The van der Waals surface area contributed by atoms with E-state index in [1.54, 1.807) is 5.32 Å². The van der Waals surface area contributed by atoms with Crippen molar-refractivity contribution < 1.29 is 22.8 Å². The van der Waals surface area contributed by atoms with Gasteiger partial charge in [-0.1, -0.05) is 6.08 Å². The molecule has 1 saturated carbocycles. The molecule has 0 aromatic heterocycles. The van der Waals surface area contributed by atoms with E-state index in [1.165, 1.54) is 13.1 Å². The Kier molecular flexibility index (Phi) is 3.56. The minimum absolute atomic E-state index is 0.0841. The van der Waals surface area contributed by atoms with Crippen LogP contribution in [0, 0.1) is 5.92 Å². The summed E-state index contributed by atoms with van der Waals surface area (Å²) < 4.78 is 35.9. The maximum atomic E-state index is 12.0. The Morgan fingerprint density at radius 1 is 1.31 bits per heavy atom. The summed E-state index contributed by atoms with van der Waals surface area (Å²) in [6.07, 6.45) is -2.00. The third-order valence-corrected chi connectivity index (χ3v) is 2.00. The average Bonchev–Trinajstić information content (AvgIpc) is 2.97. The molecule has 1 rings (SSSR count). The van der Waals surface area contributed by atoms with Crippen LogP contribution < -0.4 is 10.6 Å². The van der Waals surface area contributed by atoms with Gasteiger partial charge in [0.15, 0.2) is 0 Å². The van der Waals surface area contributed by atoms with Crippen LogP contribution >= 0.6 is 0 Å². The summed E-state index contributed by atoms with van der Waals surface area (Å²) in [5, 5.41) is 3.73. The van der Waals surface area contributed by atoms with E-state index in [2.05, 4.69) is 5.32 Å². The molecule has 0 aromatic rings. The molecule has 0 unspecified atom stereocenters. The van der Waals surface area contributed by atoms with E-state index >= 15 is 0 Å². The van der Waals surface area contributed by atoms with Gasteiger partial charge in [0, 0.05) is 7.05 Å². The second kappa shape index (κ2) is 4.54. The minimum atomic E-state index is -4.99. The number of halogens is 3. The maximum Gasteiger partial charge on any atom is 0.471 e. The van der Waals surface area contributed by atoms with E-state index in [4.69, 9.17) is 0 Å². The molecule has 4 nitrogen and oxygen atoms in total. The fourth-order valence-electron chi connectivity index (χ4n) is 1.00. The Hall–Kier alpha value is -1.53. The number of hydrogen-bond donors (Lipinski definition) is 2. The minimum Gasteiger partial charge on any atom is -0.354 e. The van der Waals surface area contributed by atoms with Gasteiger partial charge >= 0.3 is 12.1 Å². The van der Waals surface area contributed by atoms with Crippen LogP contribution in [0.1, 0.15) is 12.8 Å². The van der Waals surface area contributed by atoms with Gasteiger partial charge in [0.2, 0.25) is 0 Å². The fraction of sp³-hybridized carbons (Fsp3) is 0.556. The molecule has 1 fully saturated rings. The van der Waals surface area contributed by atoms with Crippen molar-refractivity contribution in [1.29, 1.82) is 0 Å². The van der Waals surface area contributed by atoms with E-state index in [1.807, 2.05) is 0 Å². The summed E-state index contributed by atoms with van der Waals surface area (Å²) in [7, 11) is 1.28. The third-order valence-electron chi connectivity index (χ3n) is 2.00. The first-order chi connectivity index (χ1) is 7.34. The van der Waals surface area contributed by atoms with Crippen LogP contribution in [0.3, 0.4) is 0 Å². The van der Waals surface area contributed by atoms with E-state index in [0.29, 0.717) is 0 Å². The van der Waals surface area contributed by atoms with E-state index in [-0.39, 0.29) is 11.6 Å². The lowest BCUT2D eigenvalue weighted by molar-refractivity contribution is -0.172. The summed E-state index contributed by atoms with van der Waals surface area (Å²) in [6.45, 7) is 0. The monoisotopic (exact) mass is 236 g/mol. The van der Waals surface area contributed by atoms with Crippen molar-refractivity contribution >= 4 is 11.8 Å². The summed E-state index contributed by atoms with van der Waals surface area (Å²) in [6, 6.07) is 0. The number of likely N-dealkylation sites (N-methyl/N-ethyl adjacent to an activating group) is 1. The summed E-state index contributed by atoms with van der Waals surface area (Å²) >= 11 is 0. The zero-order chi connectivity index (χ0) is 12.3. The molecular weight excluding hydrogens is 225 g/mol. The van der Waals surface area contributed by atoms with Crippen molar-refractivity contribution in [3.05, 3.63) is 11.8 Å². The first-order valence-electron chi connectivity index (χ1n) is 4.66. The molecule has 16 heavy (non-hydrogen) atoms. The molecule has 0 saturated heterocycles. The van der Waals surface area contributed by atoms with Crippen molar-refractivity contribution in [1.82, 2.24) is 10.6 Å². The zero-order valence-electron chi connectivity index (χ0n) is 8.52. The molecule has 0 heterocycles. The second-order valence-electron chi connectivity index (χ2n) is 3.45. The molecule has 0 aliphatic heterocycles. The number of allylic oxidation sites excluding steroid dienone is 1. The maximum absolute atomic E-state index is 12.0. The molecule has 7 heteroatoms. The first-order valence-corrected chi connectivity index (χ1v) is 4.66. The lowest BCUT2D eigenvalue weighted by atomic mass is 10.3. The van der Waals surface area contributed by atoms with E-state index < -0.39 is 18.0 Å². The van der Waals surface area contributed by atoms with Gasteiger partial charge in [0.05, 0.1) is 0 Å². The molecule has 0 aromatic carbocycles. The Balaban J connectivity index is 2.71. The smallest absolute Gasteiger partial charge is 0.354 e. The highest BCUT2D eigenvalue weighted by Crippen LogP contribution is 2.31. The van der Waals surface area contributed by atoms with Gasteiger partial charge in [-0.25, -0.2) is 0 Å². The van der Waals surface area contributed by atoms with Crippen LogP contribution in [0.15, 0.2) is 11.8 Å². The number of carbonyl (C=O) groups is 2. The van der Waals surface area contributed by atoms with Crippen LogP contribution in [0.5, 0.6) is 0 Å². The standard InChI is InChI=1S/C9H11F3N2O2/c1-13-7(15)6(4-5-2-3-5)14-8(16)9(10,11)12/h4-5H,2-3H2,1H3,(H,13,15)(H,14,16). The van der Waals surface area contributed by atoms with Crippen LogP contribution in [0.4, 0.5) is 13.2 Å². The zero-order valence-corrected chi connectivity index (χ0v) is 8.52. The summed E-state index contributed by atoms with van der Waals surface area (Å²) in [5.41, 5.74) is -0.340. The molecule has 90 valence electrons. The topological polar surface area (TPSA) is 58.2 Å². The van der Waals surface area contributed by atoms with Gasteiger partial charge in [-0.05, 0) is 18.8 Å². The lowest BCUT2D eigenvalue weighted by Crippen LogP contribution is -2.40. The molecule has 0 radical (unpaired) electrons. The number of rotatable bonds is 3. The van der Waals surface area contributed by atoms with Crippen molar-refractivity contribution in [2.75, 3.05) is 7.05 Å². The van der Waals surface area contributed by atoms with Crippen LogP contribution in [-0.4, -0.2) is 25.0 Å². The van der Waals surface area contributed by atoms with Crippen LogP contribution in [-0.2, 0) is 9.59 Å². The molecule has 1 aliphatic carbocycles. The number of carbonyl (C=O) groups excluding carboxylic acids is 2. The summed E-state index contributed by atoms with van der Waals surface area (Å²) in [4.78, 5) is 21.8. The predicted octanol–water partition coefficient (Wildman–Crippen LogP) is 0.705. The van der Waals surface area contributed by atoms with Gasteiger partial charge in [0.1, 0.15) is 5.70 Å². The van der Waals surface area contributed by atoms with Gasteiger partial charge in [0.25, 0.3) is 5.91 Å². The second-order valence-corrected chi connectivity index (χ2v) is 3.45. The SMILES string of the molecule is CNC(=O)C(=CC1CC1)NC(=O)C(F)(F)F. The van der Waals surface area contributed by atoms with Crippen molar-refractivity contribution in [3.63, 3.8) is 0 Å². The Morgan fingerprint density at radius 2 is 1.88 bits per heavy atom. The molecule has 1 aliphatic rings. The van der Waals surface area contributed by atoms with Crippen LogP contribution in [0.25, 0.3) is 0 Å². The predicted molar refractivity (Wildman–Crippen MR) is 49.1 cm³/mol. The number of alkyl halides is 3. The van der Waals surface area contributed by atoms with Crippen molar-refractivity contribution in [2.45, 2.75) is 19.0 Å². The normalized spacial score (nSPS) is 16.9. The fourth-order valence-corrected chi connectivity index (χ4v) is 1.00. The molecular formula is C9H11F3N2O2. The lowest BCUT2D eigenvalue weighted by Gasteiger charge is -2.10. The third kappa shape index (κ3) is 3.56. The number of hydrogen-bond acceptors (Lipinski definition) is 2. The van der Waals surface area contributed by atoms with Crippen LogP contribution in [0.2, 0.25) is 0 Å². The Morgan fingerprint density at radius 3 is 2.25 bits per heavy atom. The number of amides is 2. The molecule has 2 amide bonds. The van der Waals surface area contributed by atoms with Crippen molar-refractivity contribution in [2.24, 2.45) is 5.92 Å². The molecule has 0 spiro atoms. The van der Waals surface area contributed by atoms with Gasteiger partial charge in [-0.3, -0.25) is 9.59 Å².